The number of carboxylic acids is 1. The Balaban J connectivity index is 3.47. The van der Waals surface area contributed by atoms with Crippen LogP contribution in [0.4, 0.5) is 13.2 Å². The van der Waals surface area contributed by atoms with Gasteiger partial charge in [0.1, 0.15) is 11.3 Å². The van der Waals surface area contributed by atoms with E-state index in [1.54, 1.807) is 0 Å². The normalized spacial score (nSPS) is 10.5. The van der Waals surface area contributed by atoms with Crippen molar-refractivity contribution >= 4 is 5.97 Å². The lowest BCUT2D eigenvalue weighted by atomic mass is 10.2. The molecule has 0 saturated carbocycles. The molecule has 0 spiro atoms. The number of aromatic carboxylic acids is 1. The highest BCUT2D eigenvalue weighted by atomic mass is 19.3. The first-order valence-corrected chi connectivity index (χ1v) is 3.72. The van der Waals surface area contributed by atoms with Crippen LogP contribution in [0.3, 0.4) is 0 Å². The van der Waals surface area contributed by atoms with Gasteiger partial charge in [-0.3, -0.25) is 0 Å². The van der Waals surface area contributed by atoms with E-state index in [2.05, 4.69) is 9.72 Å². The Morgan fingerprint density at radius 2 is 2.20 bits per heavy atom. The largest absolute Gasteiger partial charge is 0.494 e. The van der Waals surface area contributed by atoms with Gasteiger partial charge in [-0.05, 0) is 0 Å². The van der Waals surface area contributed by atoms with Crippen LogP contribution in [0.25, 0.3) is 0 Å². The Morgan fingerprint density at radius 1 is 1.60 bits per heavy atom. The third kappa shape index (κ3) is 2.00. The number of halogens is 3. The number of carbonyl (C=O) groups is 1. The van der Waals surface area contributed by atoms with Gasteiger partial charge in [-0.2, -0.15) is 0 Å². The lowest BCUT2D eigenvalue weighted by Gasteiger charge is -2.09. The Morgan fingerprint density at radius 3 is 2.60 bits per heavy atom. The summed E-state index contributed by atoms with van der Waals surface area (Å²) in [6, 6.07) is 0. The van der Waals surface area contributed by atoms with Crippen molar-refractivity contribution in [1.29, 1.82) is 0 Å². The summed E-state index contributed by atoms with van der Waals surface area (Å²) in [6.45, 7) is 0. The second kappa shape index (κ2) is 4.16. The molecular weight excluding hydrogens is 215 g/mol. The fourth-order valence-electron chi connectivity index (χ4n) is 1.05. The first kappa shape index (κ1) is 11.3. The molecule has 0 amide bonds. The van der Waals surface area contributed by atoms with Crippen LogP contribution in [-0.2, 0) is 0 Å². The molecule has 1 heterocycles. The van der Waals surface area contributed by atoms with Gasteiger partial charge >= 0.3 is 5.97 Å². The molecule has 0 bridgehead atoms. The summed E-state index contributed by atoms with van der Waals surface area (Å²) in [6.07, 6.45) is -2.60. The Kier molecular flexibility index (Phi) is 3.13. The second-order valence-corrected chi connectivity index (χ2v) is 2.51. The predicted octanol–water partition coefficient (Wildman–Crippen LogP) is 1.87. The fraction of sp³-hybridized carbons (Fsp3) is 0.250. The van der Waals surface area contributed by atoms with E-state index in [0.29, 0.717) is 6.20 Å². The van der Waals surface area contributed by atoms with Crippen LogP contribution in [0.15, 0.2) is 6.20 Å². The first-order chi connectivity index (χ1) is 6.99. The molecular formula is C8H6F3NO3. The van der Waals surface area contributed by atoms with E-state index in [0.717, 1.165) is 7.11 Å². The maximum Gasteiger partial charge on any atom is 0.342 e. The van der Waals surface area contributed by atoms with Crippen molar-refractivity contribution < 1.29 is 27.8 Å². The van der Waals surface area contributed by atoms with Gasteiger partial charge in [0.25, 0.3) is 6.43 Å². The SMILES string of the molecule is COc1c(C(F)F)ncc(F)c1C(=O)O. The van der Waals surface area contributed by atoms with Crippen LogP contribution in [0, 0.1) is 5.82 Å². The van der Waals surface area contributed by atoms with Gasteiger partial charge in [0, 0.05) is 0 Å². The lowest BCUT2D eigenvalue weighted by Crippen LogP contribution is -2.08. The van der Waals surface area contributed by atoms with Crippen molar-refractivity contribution in [3.63, 3.8) is 0 Å². The summed E-state index contributed by atoms with van der Waals surface area (Å²) in [5.41, 5.74) is -1.83. The highest BCUT2D eigenvalue weighted by Gasteiger charge is 2.25. The minimum absolute atomic E-state index is 0.424. The van der Waals surface area contributed by atoms with Crippen LogP contribution in [0.5, 0.6) is 5.75 Å². The molecule has 1 aromatic rings. The summed E-state index contributed by atoms with van der Waals surface area (Å²) in [5, 5.41) is 8.59. The van der Waals surface area contributed by atoms with E-state index in [9.17, 15) is 18.0 Å². The number of rotatable bonds is 3. The summed E-state index contributed by atoms with van der Waals surface area (Å²) in [4.78, 5) is 13.7. The van der Waals surface area contributed by atoms with E-state index in [1.165, 1.54) is 0 Å². The molecule has 0 atom stereocenters. The highest BCUT2D eigenvalue weighted by molar-refractivity contribution is 5.91. The number of nitrogens with zero attached hydrogens (tertiary/aromatic N) is 1. The van der Waals surface area contributed by atoms with E-state index in [4.69, 9.17) is 5.11 Å². The lowest BCUT2D eigenvalue weighted by molar-refractivity contribution is 0.0686. The summed E-state index contributed by atoms with van der Waals surface area (Å²) in [7, 11) is 0.967. The molecule has 0 aliphatic rings. The number of pyridine rings is 1. The molecule has 1 aromatic heterocycles. The molecule has 0 radical (unpaired) electrons. The quantitative estimate of drug-likeness (QED) is 0.846. The maximum atomic E-state index is 13.0. The average Bonchev–Trinajstić information content (AvgIpc) is 2.15. The minimum atomic E-state index is -3.03. The van der Waals surface area contributed by atoms with Crippen LogP contribution in [0.1, 0.15) is 22.5 Å². The molecule has 15 heavy (non-hydrogen) atoms. The molecule has 1 N–H and O–H groups in total. The van der Waals surface area contributed by atoms with Crippen molar-refractivity contribution in [2.24, 2.45) is 0 Å². The number of alkyl halides is 2. The van der Waals surface area contributed by atoms with Crippen LogP contribution >= 0.6 is 0 Å². The molecule has 0 aliphatic heterocycles. The Bertz CT molecular complexity index is 395. The van der Waals surface area contributed by atoms with E-state index >= 15 is 0 Å². The number of methoxy groups -OCH3 is 1. The monoisotopic (exact) mass is 221 g/mol. The van der Waals surface area contributed by atoms with E-state index in [-0.39, 0.29) is 0 Å². The molecule has 1 rings (SSSR count). The van der Waals surface area contributed by atoms with Crippen molar-refractivity contribution in [2.45, 2.75) is 6.43 Å². The third-order valence-corrected chi connectivity index (χ3v) is 1.64. The number of aromatic nitrogens is 1. The van der Waals surface area contributed by atoms with Crippen LogP contribution in [0.2, 0.25) is 0 Å². The van der Waals surface area contributed by atoms with Crippen LogP contribution < -0.4 is 4.74 Å². The van der Waals surface area contributed by atoms with Gasteiger partial charge in [0.15, 0.2) is 11.6 Å². The van der Waals surface area contributed by atoms with Gasteiger partial charge in [-0.15, -0.1) is 0 Å². The molecule has 0 aliphatic carbocycles. The van der Waals surface area contributed by atoms with Crippen molar-refractivity contribution in [3.05, 3.63) is 23.3 Å². The number of hydrogen-bond donors (Lipinski definition) is 1. The van der Waals surface area contributed by atoms with Gasteiger partial charge in [0.05, 0.1) is 13.3 Å². The van der Waals surface area contributed by atoms with Gasteiger partial charge in [-0.1, -0.05) is 0 Å². The molecule has 0 saturated heterocycles. The second-order valence-electron chi connectivity index (χ2n) is 2.51. The van der Waals surface area contributed by atoms with Gasteiger partial charge in [-0.25, -0.2) is 22.9 Å². The minimum Gasteiger partial charge on any atom is -0.494 e. The van der Waals surface area contributed by atoms with Crippen molar-refractivity contribution in [2.75, 3.05) is 7.11 Å². The topological polar surface area (TPSA) is 59.4 Å². The molecule has 4 nitrogen and oxygen atoms in total. The average molecular weight is 221 g/mol. The molecule has 0 fully saturated rings. The summed E-state index contributed by atoms with van der Waals surface area (Å²) in [5.74, 6) is -3.66. The number of carboxylic acid groups (broad SMARTS) is 1. The first-order valence-electron chi connectivity index (χ1n) is 3.72. The van der Waals surface area contributed by atoms with E-state index in [1.807, 2.05) is 0 Å². The standard InChI is InChI=1S/C8H6F3NO3/c1-15-6-4(8(13)14)3(9)2-12-5(6)7(10)11/h2,7H,1H3,(H,13,14). The molecule has 0 aromatic carbocycles. The maximum absolute atomic E-state index is 13.0. The molecule has 7 heteroatoms. The Labute approximate surface area is 82.3 Å². The zero-order valence-corrected chi connectivity index (χ0v) is 7.50. The van der Waals surface area contributed by atoms with Crippen molar-refractivity contribution in [1.82, 2.24) is 4.98 Å². The van der Waals surface area contributed by atoms with Gasteiger partial charge in [0.2, 0.25) is 0 Å². The fourth-order valence-corrected chi connectivity index (χ4v) is 1.05. The molecule has 0 unspecified atom stereocenters. The zero-order chi connectivity index (χ0) is 11.6. The molecule has 82 valence electrons. The smallest absolute Gasteiger partial charge is 0.342 e. The zero-order valence-electron chi connectivity index (χ0n) is 7.50. The summed E-state index contributed by atoms with van der Waals surface area (Å²) < 4.78 is 42.0. The Hall–Kier alpha value is -1.79. The highest BCUT2D eigenvalue weighted by Crippen LogP contribution is 2.31. The van der Waals surface area contributed by atoms with Gasteiger partial charge < -0.3 is 9.84 Å². The van der Waals surface area contributed by atoms with E-state index < -0.39 is 35.2 Å². The van der Waals surface area contributed by atoms with Crippen molar-refractivity contribution in [3.8, 4) is 5.75 Å². The predicted molar refractivity (Wildman–Crippen MR) is 42.7 cm³/mol. The third-order valence-electron chi connectivity index (χ3n) is 1.64. The number of ether oxygens (including phenoxy) is 1. The summed E-state index contributed by atoms with van der Waals surface area (Å²) >= 11 is 0. The number of hydrogen-bond acceptors (Lipinski definition) is 3. The van der Waals surface area contributed by atoms with Crippen LogP contribution in [-0.4, -0.2) is 23.2 Å².